The lowest BCUT2D eigenvalue weighted by molar-refractivity contribution is -0.121. The van der Waals surface area contributed by atoms with Crippen molar-refractivity contribution in [2.24, 2.45) is 0 Å². The topological polar surface area (TPSA) is 56.1 Å². The summed E-state index contributed by atoms with van der Waals surface area (Å²) in [6.45, 7) is 3.34. The molecule has 4 nitrogen and oxygen atoms in total. The third-order valence-electron chi connectivity index (χ3n) is 3.04. The highest BCUT2D eigenvalue weighted by Gasteiger charge is 2.29. The van der Waals surface area contributed by atoms with Crippen LogP contribution < -0.4 is 10.2 Å². The SMILES string of the molecule is Cc1cc(Br)ccc1N1CCNC(CC#N)C1=O. The van der Waals surface area contributed by atoms with Crippen LogP contribution in [-0.4, -0.2) is 25.0 Å². The standard InChI is InChI=1S/C13H14BrN3O/c1-9-8-10(14)2-3-12(9)17-7-6-16-11(4-5-15)13(17)18/h2-3,8,11,16H,4,6-7H2,1H3. The summed E-state index contributed by atoms with van der Waals surface area (Å²) < 4.78 is 1.000. The predicted octanol–water partition coefficient (Wildman–Crippen LogP) is 1.98. The number of nitrogens with zero attached hydrogens (tertiary/aromatic N) is 2. The van der Waals surface area contributed by atoms with Gasteiger partial charge in [-0.3, -0.25) is 4.79 Å². The summed E-state index contributed by atoms with van der Waals surface area (Å²) in [6, 6.07) is 7.52. The van der Waals surface area contributed by atoms with Crippen molar-refractivity contribution >= 4 is 27.5 Å². The lowest BCUT2D eigenvalue weighted by atomic mass is 10.1. The molecule has 0 radical (unpaired) electrons. The number of rotatable bonds is 2. The number of anilines is 1. The fourth-order valence-electron chi connectivity index (χ4n) is 2.15. The molecule has 0 aliphatic carbocycles. The van der Waals surface area contributed by atoms with Gasteiger partial charge < -0.3 is 10.2 Å². The molecule has 94 valence electrons. The van der Waals surface area contributed by atoms with E-state index in [0.717, 1.165) is 15.7 Å². The van der Waals surface area contributed by atoms with E-state index >= 15 is 0 Å². The number of benzene rings is 1. The minimum Gasteiger partial charge on any atom is -0.309 e. The number of aryl methyl sites for hydroxylation is 1. The van der Waals surface area contributed by atoms with Gasteiger partial charge >= 0.3 is 0 Å². The molecule has 1 atom stereocenters. The van der Waals surface area contributed by atoms with Gasteiger partial charge in [0, 0.05) is 23.2 Å². The zero-order valence-electron chi connectivity index (χ0n) is 10.1. The van der Waals surface area contributed by atoms with Crippen molar-refractivity contribution in [3.8, 4) is 6.07 Å². The first-order chi connectivity index (χ1) is 8.63. The Labute approximate surface area is 115 Å². The highest BCUT2D eigenvalue weighted by atomic mass is 79.9. The zero-order valence-corrected chi connectivity index (χ0v) is 11.7. The van der Waals surface area contributed by atoms with Crippen LogP contribution in [0.4, 0.5) is 5.69 Å². The Morgan fingerprint density at radius 3 is 3.06 bits per heavy atom. The second kappa shape index (κ2) is 5.51. The van der Waals surface area contributed by atoms with E-state index in [1.165, 1.54) is 0 Å². The van der Waals surface area contributed by atoms with E-state index in [1.54, 1.807) is 4.90 Å². The van der Waals surface area contributed by atoms with Gasteiger partial charge in [0.05, 0.1) is 12.5 Å². The van der Waals surface area contributed by atoms with Crippen LogP contribution in [0.1, 0.15) is 12.0 Å². The van der Waals surface area contributed by atoms with Crippen molar-refractivity contribution in [1.82, 2.24) is 5.32 Å². The van der Waals surface area contributed by atoms with Crippen LogP contribution in [0.25, 0.3) is 0 Å². The van der Waals surface area contributed by atoms with Crippen molar-refractivity contribution in [1.29, 1.82) is 5.26 Å². The van der Waals surface area contributed by atoms with E-state index in [2.05, 4.69) is 21.2 Å². The van der Waals surface area contributed by atoms with E-state index < -0.39 is 0 Å². The number of carbonyl (C=O) groups excluding carboxylic acids is 1. The molecule has 0 bridgehead atoms. The van der Waals surface area contributed by atoms with Gasteiger partial charge in [0.2, 0.25) is 5.91 Å². The number of amides is 1. The Morgan fingerprint density at radius 1 is 1.61 bits per heavy atom. The quantitative estimate of drug-likeness (QED) is 0.909. The third kappa shape index (κ3) is 2.55. The van der Waals surface area contributed by atoms with Crippen molar-refractivity contribution < 1.29 is 4.79 Å². The highest BCUT2D eigenvalue weighted by molar-refractivity contribution is 9.10. The summed E-state index contributed by atoms with van der Waals surface area (Å²) in [7, 11) is 0. The smallest absolute Gasteiger partial charge is 0.245 e. The fraction of sp³-hybridized carbons (Fsp3) is 0.385. The van der Waals surface area contributed by atoms with Crippen LogP contribution in [0.2, 0.25) is 0 Å². The number of nitrogens with one attached hydrogen (secondary N) is 1. The summed E-state index contributed by atoms with van der Waals surface area (Å²) in [5.74, 6) is -0.0202. The van der Waals surface area contributed by atoms with Crippen molar-refractivity contribution in [2.75, 3.05) is 18.0 Å². The Kier molecular flexibility index (Phi) is 4.00. The Morgan fingerprint density at radius 2 is 2.39 bits per heavy atom. The van der Waals surface area contributed by atoms with E-state index in [1.807, 2.05) is 31.2 Å². The number of carbonyl (C=O) groups is 1. The Hall–Kier alpha value is -1.38. The molecule has 1 aromatic rings. The van der Waals surface area contributed by atoms with E-state index in [4.69, 9.17) is 5.26 Å². The summed E-state index contributed by atoms with van der Waals surface area (Å²) in [6.07, 6.45) is 0.213. The molecule has 1 N–H and O–H groups in total. The molecule has 18 heavy (non-hydrogen) atoms. The molecule has 1 amide bonds. The number of nitriles is 1. The van der Waals surface area contributed by atoms with Crippen molar-refractivity contribution in [3.05, 3.63) is 28.2 Å². The van der Waals surface area contributed by atoms with Gasteiger partial charge in [0.15, 0.2) is 0 Å². The molecular weight excluding hydrogens is 294 g/mol. The van der Waals surface area contributed by atoms with Crippen LogP contribution in [-0.2, 0) is 4.79 Å². The molecule has 1 fully saturated rings. The van der Waals surface area contributed by atoms with Crippen LogP contribution in [0.5, 0.6) is 0 Å². The lowest BCUT2D eigenvalue weighted by Gasteiger charge is -2.33. The number of hydrogen-bond donors (Lipinski definition) is 1. The van der Waals surface area contributed by atoms with Crippen molar-refractivity contribution in [3.63, 3.8) is 0 Å². The normalized spacial score (nSPS) is 19.7. The first-order valence-corrected chi connectivity index (χ1v) is 6.60. The minimum atomic E-state index is -0.383. The molecular formula is C13H14BrN3O. The first kappa shape index (κ1) is 13.1. The van der Waals surface area contributed by atoms with Gasteiger partial charge in [-0.15, -0.1) is 0 Å². The molecule has 1 aliphatic heterocycles. The monoisotopic (exact) mass is 307 g/mol. The van der Waals surface area contributed by atoms with Gasteiger partial charge in [-0.05, 0) is 30.7 Å². The van der Waals surface area contributed by atoms with E-state index in [-0.39, 0.29) is 18.4 Å². The van der Waals surface area contributed by atoms with E-state index in [9.17, 15) is 4.79 Å². The third-order valence-corrected chi connectivity index (χ3v) is 3.53. The summed E-state index contributed by atoms with van der Waals surface area (Å²) in [5, 5.41) is 11.8. The summed E-state index contributed by atoms with van der Waals surface area (Å²) >= 11 is 3.41. The Bertz CT molecular complexity index is 509. The molecule has 2 rings (SSSR count). The molecule has 0 spiro atoms. The molecule has 1 unspecified atom stereocenters. The number of hydrogen-bond acceptors (Lipinski definition) is 3. The van der Waals surface area contributed by atoms with Gasteiger partial charge in [-0.25, -0.2) is 0 Å². The predicted molar refractivity (Wildman–Crippen MR) is 73.3 cm³/mol. The van der Waals surface area contributed by atoms with Crippen LogP contribution in [0.15, 0.2) is 22.7 Å². The van der Waals surface area contributed by atoms with Gasteiger partial charge in [-0.2, -0.15) is 5.26 Å². The maximum atomic E-state index is 12.3. The molecule has 0 aromatic heterocycles. The summed E-state index contributed by atoms with van der Waals surface area (Å²) in [5.41, 5.74) is 1.97. The summed E-state index contributed by atoms with van der Waals surface area (Å²) in [4.78, 5) is 14.0. The largest absolute Gasteiger partial charge is 0.309 e. The average molecular weight is 308 g/mol. The van der Waals surface area contributed by atoms with E-state index in [0.29, 0.717) is 13.1 Å². The maximum absolute atomic E-state index is 12.3. The van der Waals surface area contributed by atoms with Gasteiger partial charge in [-0.1, -0.05) is 15.9 Å². The molecule has 1 saturated heterocycles. The molecule has 0 saturated carbocycles. The molecule has 1 aromatic carbocycles. The zero-order chi connectivity index (χ0) is 13.1. The first-order valence-electron chi connectivity index (χ1n) is 5.81. The molecule has 1 aliphatic rings. The second-order valence-corrected chi connectivity index (χ2v) is 5.21. The van der Waals surface area contributed by atoms with Crippen LogP contribution in [0, 0.1) is 18.3 Å². The number of piperazine rings is 1. The number of halogens is 1. The van der Waals surface area contributed by atoms with Gasteiger partial charge in [0.25, 0.3) is 0 Å². The second-order valence-electron chi connectivity index (χ2n) is 4.29. The molecule has 1 heterocycles. The van der Waals surface area contributed by atoms with Crippen LogP contribution in [0.3, 0.4) is 0 Å². The highest BCUT2D eigenvalue weighted by Crippen LogP contribution is 2.25. The minimum absolute atomic E-state index is 0.0202. The van der Waals surface area contributed by atoms with Crippen LogP contribution >= 0.6 is 15.9 Å². The van der Waals surface area contributed by atoms with Crippen molar-refractivity contribution in [2.45, 2.75) is 19.4 Å². The fourth-order valence-corrected chi connectivity index (χ4v) is 2.62. The molecule has 5 heteroatoms. The Balaban J connectivity index is 2.27. The van der Waals surface area contributed by atoms with Gasteiger partial charge in [0.1, 0.15) is 6.04 Å². The lowest BCUT2D eigenvalue weighted by Crippen LogP contribution is -2.55. The maximum Gasteiger partial charge on any atom is 0.245 e. The average Bonchev–Trinajstić information content (AvgIpc) is 2.33.